The van der Waals surface area contributed by atoms with Gasteiger partial charge in [0.05, 0.1) is 13.2 Å². The Bertz CT molecular complexity index is 244. The van der Waals surface area contributed by atoms with E-state index < -0.39 is 0 Å². The van der Waals surface area contributed by atoms with Crippen LogP contribution in [0.15, 0.2) is 0 Å². The monoisotopic (exact) mass is 240 g/mol. The second-order valence-corrected chi connectivity index (χ2v) is 5.12. The van der Waals surface area contributed by atoms with Crippen molar-refractivity contribution in [3.8, 4) is 0 Å². The van der Waals surface area contributed by atoms with Gasteiger partial charge in [0.2, 0.25) is 0 Å². The van der Waals surface area contributed by atoms with Gasteiger partial charge in [-0.2, -0.15) is 0 Å². The number of esters is 1. The van der Waals surface area contributed by atoms with E-state index in [0.29, 0.717) is 13.2 Å². The fraction of sp³-hybridized carbons (Fsp3) is 0.923. The molecule has 0 amide bonds. The number of carbonyl (C=O) groups is 1. The summed E-state index contributed by atoms with van der Waals surface area (Å²) in [6.45, 7) is 6.09. The van der Waals surface area contributed by atoms with Gasteiger partial charge in [-0.05, 0) is 58.2 Å². The number of hydrogen-bond donors (Lipinski definition) is 1. The molecule has 0 aromatic carbocycles. The van der Waals surface area contributed by atoms with Crippen LogP contribution in [0.25, 0.3) is 0 Å². The van der Waals surface area contributed by atoms with Gasteiger partial charge in [0.15, 0.2) is 0 Å². The van der Waals surface area contributed by atoms with Crippen molar-refractivity contribution in [3.63, 3.8) is 0 Å². The molecule has 2 fully saturated rings. The maximum absolute atomic E-state index is 11.4. The Hall–Kier alpha value is -0.610. The Balaban J connectivity index is 1.68. The van der Waals surface area contributed by atoms with Crippen LogP contribution >= 0.6 is 0 Å². The molecule has 17 heavy (non-hydrogen) atoms. The van der Waals surface area contributed by atoms with Gasteiger partial charge in [-0.15, -0.1) is 0 Å². The van der Waals surface area contributed by atoms with Crippen LogP contribution in [0.1, 0.15) is 32.6 Å². The molecular formula is C13H24N2O2. The first-order valence-corrected chi connectivity index (χ1v) is 6.91. The normalized spacial score (nSPS) is 27.2. The van der Waals surface area contributed by atoms with Crippen molar-refractivity contribution < 1.29 is 9.53 Å². The maximum atomic E-state index is 11.4. The van der Waals surface area contributed by atoms with Crippen LogP contribution in [-0.4, -0.2) is 49.7 Å². The summed E-state index contributed by atoms with van der Waals surface area (Å²) in [5.74, 6) is 0.737. The molecule has 2 saturated heterocycles. The number of rotatable bonds is 4. The van der Waals surface area contributed by atoms with E-state index in [9.17, 15) is 4.79 Å². The van der Waals surface area contributed by atoms with Crippen molar-refractivity contribution in [1.82, 2.24) is 10.2 Å². The highest BCUT2D eigenvalue weighted by molar-refractivity contribution is 5.71. The van der Waals surface area contributed by atoms with Crippen molar-refractivity contribution in [1.29, 1.82) is 0 Å². The zero-order valence-corrected chi connectivity index (χ0v) is 10.8. The van der Waals surface area contributed by atoms with E-state index in [1.165, 1.54) is 32.2 Å². The summed E-state index contributed by atoms with van der Waals surface area (Å²) in [6.07, 6.45) is 5.10. The van der Waals surface area contributed by atoms with Gasteiger partial charge in [0, 0.05) is 6.04 Å². The zero-order chi connectivity index (χ0) is 12.1. The minimum absolute atomic E-state index is 0.0788. The Morgan fingerprint density at radius 2 is 2.12 bits per heavy atom. The summed E-state index contributed by atoms with van der Waals surface area (Å²) in [7, 11) is 0. The van der Waals surface area contributed by atoms with Gasteiger partial charge < -0.3 is 10.1 Å². The lowest BCUT2D eigenvalue weighted by atomic mass is 9.88. The molecule has 1 N–H and O–H groups in total. The SMILES string of the molecule is CCOC(=O)CN1CCC(C2CCCN2)CC1. The average Bonchev–Trinajstić information content (AvgIpc) is 2.84. The Morgan fingerprint density at radius 3 is 2.71 bits per heavy atom. The lowest BCUT2D eigenvalue weighted by Crippen LogP contribution is -2.42. The fourth-order valence-corrected chi connectivity index (χ4v) is 3.02. The summed E-state index contributed by atoms with van der Waals surface area (Å²) in [5, 5.41) is 3.59. The first kappa shape index (κ1) is 12.8. The average molecular weight is 240 g/mol. The Labute approximate surface area is 104 Å². The van der Waals surface area contributed by atoms with Crippen molar-refractivity contribution in [2.24, 2.45) is 5.92 Å². The number of ether oxygens (including phenoxy) is 1. The minimum Gasteiger partial charge on any atom is -0.465 e. The molecule has 0 spiro atoms. The molecule has 4 nitrogen and oxygen atoms in total. The van der Waals surface area contributed by atoms with Gasteiger partial charge in [0.1, 0.15) is 0 Å². The van der Waals surface area contributed by atoms with Crippen LogP contribution in [0.4, 0.5) is 0 Å². The molecule has 0 aromatic rings. The van der Waals surface area contributed by atoms with Crippen LogP contribution in [0.2, 0.25) is 0 Å². The maximum Gasteiger partial charge on any atom is 0.320 e. The molecule has 1 unspecified atom stereocenters. The van der Waals surface area contributed by atoms with E-state index in [1.807, 2.05) is 6.92 Å². The van der Waals surface area contributed by atoms with E-state index in [1.54, 1.807) is 0 Å². The third kappa shape index (κ3) is 3.68. The molecule has 2 rings (SSSR count). The Morgan fingerprint density at radius 1 is 1.35 bits per heavy atom. The lowest BCUT2D eigenvalue weighted by Gasteiger charge is -2.34. The molecule has 1 atom stereocenters. The molecule has 0 saturated carbocycles. The molecule has 4 heteroatoms. The van der Waals surface area contributed by atoms with Crippen LogP contribution in [0.3, 0.4) is 0 Å². The van der Waals surface area contributed by atoms with Crippen LogP contribution < -0.4 is 5.32 Å². The molecule has 0 aliphatic carbocycles. The van der Waals surface area contributed by atoms with Crippen LogP contribution in [-0.2, 0) is 9.53 Å². The Kier molecular flexibility index (Phi) is 4.80. The predicted octanol–water partition coefficient (Wildman–Crippen LogP) is 1.01. The van der Waals surface area contributed by atoms with E-state index in [2.05, 4.69) is 10.2 Å². The molecule has 2 heterocycles. The number of nitrogens with one attached hydrogen (secondary N) is 1. The molecular weight excluding hydrogens is 216 g/mol. The van der Waals surface area contributed by atoms with Gasteiger partial charge in [-0.1, -0.05) is 0 Å². The summed E-state index contributed by atoms with van der Waals surface area (Å²) >= 11 is 0. The van der Waals surface area contributed by atoms with E-state index in [-0.39, 0.29) is 5.97 Å². The largest absolute Gasteiger partial charge is 0.465 e. The van der Waals surface area contributed by atoms with Crippen LogP contribution in [0.5, 0.6) is 0 Å². The number of carbonyl (C=O) groups excluding carboxylic acids is 1. The standard InChI is InChI=1S/C13H24N2O2/c1-2-17-13(16)10-15-8-5-11(6-9-15)12-4-3-7-14-12/h11-12,14H,2-10H2,1H3. The quantitative estimate of drug-likeness (QED) is 0.745. The molecule has 2 aliphatic heterocycles. The number of hydrogen-bond acceptors (Lipinski definition) is 4. The molecule has 98 valence electrons. The number of piperidine rings is 1. The number of nitrogens with zero attached hydrogens (tertiary/aromatic N) is 1. The summed E-state index contributed by atoms with van der Waals surface area (Å²) in [4.78, 5) is 13.6. The lowest BCUT2D eigenvalue weighted by molar-refractivity contribution is -0.144. The van der Waals surface area contributed by atoms with E-state index in [4.69, 9.17) is 4.74 Å². The third-order valence-corrected chi connectivity index (χ3v) is 3.96. The minimum atomic E-state index is -0.0788. The molecule has 0 aromatic heterocycles. The first-order valence-electron chi connectivity index (χ1n) is 6.91. The van der Waals surface area contributed by atoms with Gasteiger partial charge in [0.25, 0.3) is 0 Å². The second kappa shape index (κ2) is 6.36. The zero-order valence-electron chi connectivity index (χ0n) is 10.8. The second-order valence-electron chi connectivity index (χ2n) is 5.12. The summed E-state index contributed by atoms with van der Waals surface area (Å²) in [6, 6.07) is 0.736. The summed E-state index contributed by atoms with van der Waals surface area (Å²) < 4.78 is 4.98. The first-order chi connectivity index (χ1) is 8.29. The van der Waals surface area contributed by atoms with Crippen molar-refractivity contribution in [3.05, 3.63) is 0 Å². The predicted molar refractivity (Wildman–Crippen MR) is 66.8 cm³/mol. The topological polar surface area (TPSA) is 41.6 Å². The number of likely N-dealkylation sites (tertiary alicyclic amines) is 1. The van der Waals surface area contributed by atoms with Crippen LogP contribution in [0, 0.1) is 5.92 Å². The molecule has 2 aliphatic rings. The van der Waals surface area contributed by atoms with Gasteiger partial charge >= 0.3 is 5.97 Å². The van der Waals surface area contributed by atoms with Gasteiger partial charge in [-0.25, -0.2) is 0 Å². The van der Waals surface area contributed by atoms with Gasteiger partial charge in [-0.3, -0.25) is 9.69 Å². The smallest absolute Gasteiger partial charge is 0.320 e. The third-order valence-electron chi connectivity index (χ3n) is 3.96. The molecule has 0 radical (unpaired) electrons. The van der Waals surface area contributed by atoms with Crippen molar-refractivity contribution >= 4 is 5.97 Å². The summed E-state index contributed by atoms with van der Waals surface area (Å²) in [5.41, 5.74) is 0. The highest BCUT2D eigenvalue weighted by atomic mass is 16.5. The van der Waals surface area contributed by atoms with Crippen molar-refractivity contribution in [2.45, 2.75) is 38.6 Å². The van der Waals surface area contributed by atoms with Crippen molar-refractivity contribution in [2.75, 3.05) is 32.8 Å². The fourth-order valence-electron chi connectivity index (χ4n) is 3.02. The van der Waals surface area contributed by atoms with E-state index >= 15 is 0 Å². The van der Waals surface area contributed by atoms with E-state index in [0.717, 1.165) is 25.0 Å². The highest BCUT2D eigenvalue weighted by Gasteiger charge is 2.28. The highest BCUT2D eigenvalue weighted by Crippen LogP contribution is 2.25. The molecule has 0 bridgehead atoms.